The van der Waals surface area contributed by atoms with E-state index in [1.165, 1.54) is 25.7 Å². The fourth-order valence-corrected chi connectivity index (χ4v) is 1.74. The summed E-state index contributed by atoms with van der Waals surface area (Å²) in [6, 6.07) is 0. The van der Waals surface area contributed by atoms with Gasteiger partial charge in [0.15, 0.2) is 0 Å². The van der Waals surface area contributed by atoms with Crippen molar-refractivity contribution < 1.29 is 0 Å². The van der Waals surface area contributed by atoms with Crippen LogP contribution in [-0.2, 0) is 0 Å². The van der Waals surface area contributed by atoms with Crippen LogP contribution in [0.3, 0.4) is 0 Å². The molecule has 1 aliphatic carbocycles. The summed E-state index contributed by atoms with van der Waals surface area (Å²) in [7, 11) is 0. The summed E-state index contributed by atoms with van der Waals surface area (Å²) in [4.78, 5) is 0. The van der Waals surface area contributed by atoms with Gasteiger partial charge in [-0.15, -0.1) is 0 Å². The summed E-state index contributed by atoms with van der Waals surface area (Å²) in [6.45, 7) is 2.30. The van der Waals surface area contributed by atoms with Gasteiger partial charge in [0.1, 0.15) is 0 Å². The van der Waals surface area contributed by atoms with E-state index in [1.807, 2.05) is 6.21 Å². The molecular formula is C8H16N2. The third-order valence-electron chi connectivity index (χ3n) is 2.27. The minimum Gasteiger partial charge on any atom is -0.324 e. The summed E-state index contributed by atoms with van der Waals surface area (Å²) in [5.41, 5.74) is 0. The molecule has 0 saturated heterocycles. The van der Waals surface area contributed by atoms with E-state index in [2.05, 4.69) is 12.0 Å². The molecule has 1 saturated carbocycles. The van der Waals surface area contributed by atoms with E-state index >= 15 is 0 Å². The SMILES string of the molecule is CC1CCCC(/C=N/N)C1. The smallest absolute Gasteiger partial charge is 0.0271 e. The zero-order valence-electron chi connectivity index (χ0n) is 6.59. The van der Waals surface area contributed by atoms with Crippen LogP contribution in [0.15, 0.2) is 5.10 Å². The lowest BCUT2D eigenvalue weighted by Gasteiger charge is -2.22. The van der Waals surface area contributed by atoms with Gasteiger partial charge >= 0.3 is 0 Å². The summed E-state index contributed by atoms with van der Waals surface area (Å²) in [6.07, 6.45) is 7.19. The molecule has 2 nitrogen and oxygen atoms in total. The first-order valence-corrected chi connectivity index (χ1v) is 4.06. The molecular weight excluding hydrogens is 124 g/mol. The lowest BCUT2D eigenvalue weighted by Crippen LogP contribution is -2.14. The summed E-state index contributed by atoms with van der Waals surface area (Å²) < 4.78 is 0. The zero-order valence-corrected chi connectivity index (χ0v) is 6.59. The Kier molecular flexibility index (Phi) is 2.72. The summed E-state index contributed by atoms with van der Waals surface area (Å²) in [5.74, 6) is 6.61. The molecule has 1 aliphatic rings. The molecule has 0 spiro atoms. The van der Waals surface area contributed by atoms with Crippen molar-refractivity contribution in [2.24, 2.45) is 22.8 Å². The Morgan fingerprint density at radius 2 is 2.30 bits per heavy atom. The number of hydrogen-bond acceptors (Lipinski definition) is 2. The number of rotatable bonds is 1. The standard InChI is InChI=1S/C8H16N2/c1-7-3-2-4-8(5-7)6-10-9/h6-8H,2-5,9H2,1H3/b10-6+. The Labute approximate surface area is 62.5 Å². The summed E-state index contributed by atoms with van der Waals surface area (Å²) in [5, 5.41) is 3.57. The van der Waals surface area contributed by atoms with Gasteiger partial charge in [-0.3, -0.25) is 0 Å². The molecule has 0 bridgehead atoms. The van der Waals surface area contributed by atoms with Gasteiger partial charge in [-0.05, 0) is 24.7 Å². The van der Waals surface area contributed by atoms with Crippen LogP contribution in [0, 0.1) is 11.8 Å². The molecule has 0 amide bonds. The molecule has 1 fully saturated rings. The van der Waals surface area contributed by atoms with Crippen molar-refractivity contribution in [1.82, 2.24) is 0 Å². The van der Waals surface area contributed by atoms with Gasteiger partial charge in [0, 0.05) is 6.21 Å². The predicted octanol–water partition coefficient (Wildman–Crippen LogP) is 1.76. The Morgan fingerprint density at radius 3 is 2.90 bits per heavy atom. The maximum absolute atomic E-state index is 5.07. The molecule has 0 aromatic heterocycles. The van der Waals surface area contributed by atoms with Crippen molar-refractivity contribution in [1.29, 1.82) is 0 Å². The minimum atomic E-state index is 0.661. The van der Waals surface area contributed by atoms with Gasteiger partial charge < -0.3 is 5.84 Å². The minimum absolute atomic E-state index is 0.661. The fourth-order valence-electron chi connectivity index (χ4n) is 1.74. The van der Waals surface area contributed by atoms with Crippen LogP contribution in [0.25, 0.3) is 0 Å². The van der Waals surface area contributed by atoms with Gasteiger partial charge in [-0.1, -0.05) is 19.8 Å². The lowest BCUT2D eigenvalue weighted by molar-refractivity contribution is 0.343. The first-order chi connectivity index (χ1) is 4.83. The third kappa shape index (κ3) is 2.01. The van der Waals surface area contributed by atoms with Gasteiger partial charge in [-0.2, -0.15) is 5.10 Å². The van der Waals surface area contributed by atoms with Crippen LogP contribution in [0.1, 0.15) is 32.6 Å². The number of hydrazone groups is 1. The second-order valence-electron chi connectivity index (χ2n) is 3.33. The highest BCUT2D eigenvalue weighted by atomic mass is 15.1. The first-order valence-electron chi connectivity index (χ1n) is 4.06. The van der Waals surface area contributed by atoms with Crippen molar-refractivity contribution in [3.63, 3.8) is 0 Å². The monoisotopic (exact) mass is 140 g/mol. The quantitative estimate of drug-likeness (QED) is 0.336. The van der Waals surface area contributed by atoms with E-state index in [9.17, 15) is 0 Å². The Balaban J connectivity index is 2.32. The van der Waals surface area contributed by atoms with Crippen LogP contribution in [0.2, 0.25) is 0 Å². The van der Waals surface area contributed by atoms with Gasteiger partial charge in [0.05, 0.1) is 0 Å². The molecule has 1 rings (SSSR count). The fraction of sp³-hybridized carbons (Fsp3) is 0.875. The van der Waals surface area contributed by atoms with Crippen LogP contribution < -0.4 is 5.84 Å². The van der Waals surface area contributed by atoms with Crippen molar-refractivity contribution in [2.45, 2.75) is 32.6 Å². The number of nitrogens with two attached hydrogens (primary N) is 1. The van der Waals surface area contributed by atoms with E-state index in [4.69, 9.17) is 5.84 Å². The van der Waals surface area contributed by atoms with Gasteiger partial charge in [-0.25, -0.2) is 0 Å². The van der Waals surface area contributed by atoms with E-state index in [-0.39, 0.29) is 0 Å². The molecule has 2 atom stereocenters. The molecule has 0 radical (unpaired) electrons. The molecule has 2 unspecified atom stereocenters. The van der Waals surface area contributed by atoms with E-state index < -0.39 is 0 Å². The van der Waals surface area contributed by atoms with Crippen LogP contribution >= 0.6 is 0 Å². The normalized spacial score (nSPS) is 34.9. The Bertz CT molecular complexity index is 120. The van der Waals surface area contributed by atoms with E-state index in [0.717, 1.165) is 5.92 Å². The molecule has 10 heavy (non-hydrogen) atoms. The van der Waals surface area contributed by atoms with E-state index in [0.29, 0.717) is 5.92 Å². The second-order valence-corrected chi connectivity index (χ2v) is 3.33. The summed E-state index contributed by atoms with van der Waals surface area (Å²) >= 11 is 0. The van der Waals surface area contributed by atoms with Crippen molar-refractivity contribution in [3.8, 4) is 0 Å². The van der Waals surface area contributed by atoms with E-state index in [1.54, 1.807) is 0 Å². The predicted molar refractivity (Wildman–Crippen MR) is 43.8 cm³/mol. The molecule has 2 heteroatoms. The third-order valence-corrected chi connectivity index (χ3v) is 2.27. The first kappa shape index (κ1) is 7.58. The van der Waals surface area contributed by atoms with Crippen molar-refractivity contribution >= 4 is 6.21 Å². The van der Waals surface area contributed by atoms with Crippen LogP contribution in [-0.4, -0.2) is 6.21 Å². The zero-order chi connectivity index (χ0) is 7.40. The topological polar surface area (TPSA) is 38.4 Å². The average molecular weight is 140 g/mol. The molecule has 0 aromatic rings. The number of hydrogen-bond donors (Lipinski definition) is 1. The highest BCUT2D eigenvalue weighted by Gasteiger charge is 2.16. The van der Waals surface area contributed by atoms with Crippen molar-refractivity contribution in [3.05, 3.63) is 0 Å². The Hall–Kier alpha value is -0.530. The average Bonchev–Trinajstić information content (AvgIpc) is 1.88. The molecule has 0 aliphatic heterocycles. The number of nitrogens with zero attached hydrogens (tertiary/aromatic N) is 1. The molecule has 2 N–H and O–H groups in total. The highest BCUT2D eigenvalue weighted by Crippen LogP contribution is 2.26. The molecule has 0 aromatic carbocycles. The molecule has 0 heterocycles. The Morgan fingerprint density at radius 1 is 1.50 bits per heavy atom. The van der Waals surface area contributed by atoms with Crippen LogP contribution in [0.5, 0.6) is 0 Å². The largest absolute Gasteiger partial charge is 0.324 e. The van der Waals surface area contributed by atoms with Gasteiger partial charge in [0.25, 0.3) is 0 Å². The maximum Gasteiger partial charge on any atom is 0.0271 e. The lowest BCUT2D eigenvalue weighted by atomic mass is 9.83. The maximum atomic E-state index is 5.07. The van der Waals surface area contributed by atoms with Gasteiger partial charge in [0.2, 0.25) is 0 Å². The second kappa shape index (κ2) is 3.59. The highest BCUT2D eigenvalue weighted by molar-refractivity contribution is 5.60. The van der Waals surface area contributed by atoms with Crippen molar-refractivity contribution in [2.75, 3.05) is 0 Å². The van der Waals surface area contributed by atoms with Crippen LogP contribution in [0.4, 0.5) is 0 Å². The molecule has 58 valence electrons.